The van der Waals surface area contributed by atoms with Crippen molar-refractivity contribution in [1.82, 2.24) is 25.3 Å². The van der Waals surface area contributed by atoms with Crippen molar-refractivity contribution in [1.29, 1.82) is 0 Å². The van der Waals surface area contributed by atoms with Gasteiger partial charge in [-0.3, -0.25) is 14.9 Å². The number of hydrogen-bond acceptors (Lipinski definition) is 4. The van der Waals surface area contributed by atoms with Gasteiger partial charge in [0.25, 0.3) is 11.8 Å². The second-order valence-electron chi connectivity index (χ2n) is 5.74. The molecular weight excluding hydrogens is 318 g/mol. The molecule has 5 rings (SSSR count). The standard InChI is InChI=1S/C18H11N5O2/c24-17-13(11-7-21-15-9(11)3-1-5-19-15)14(18(25)23-17)12-8-22-16-10(12)4-2-6-20-16/h1-8H,(H,19,21)(H,20,22)(H,23,24,25). The monoisotopic (exact) mass is 329 g/mol. The van der Waals surface area contributed by atoms with Gasteiger partial charge in [0, 0.05) is 46.7 Å². The Morgan fingerprint density at radius 3 is 1.68 bits per heavy atom. The first-order valence-corrected chi connectivity index (χ1v) is 7.69. The second kappa shape index (κ2) is 4.88. The Balaban J connectivity index is 1.85. The molecule has 5 heterocycles. The third-order valence-corrected chi connectivity index (χ3v) is 4.37. The Morgan fingerprint density at radius 2 is 1.20 bits per heavy atom. The summed E-state index contributed by atoms with van der Waals surface area (Å²) in [6, 6.07) is 7.33. The molecule has 0 radical (unpaired) electrons. The molecule has 4 aromatic heterocycles. The van der Waals surface area contributed by atoms with Crippen molar-refractivity contribution in [2.24, 2.45) is 0 Å². The number of hydrogen-bond donors (Lipinski definition) is 3. The number of pyridine rings is 2. The van der Waals surface area contributed by atoms with E-state index in [1.165, 1.54) is 0 Å². The van der Waals surface area contributed by atoms with Gasteiger partial charge in [-0.1, -0.05) is 0 Å². The number of fused-ring (bicyclic) bond motifs is 2. The number of carbonyl (C=O) groups excluding carboxylic acids is 2. The van der Waals surface area contributed by atoms with Gasteiger partial charge in [-0.05, 0) is 24.3 Å². The molecule has 0 saturated carbocycles. The molecule has 4 aromatic rings. The van der Waals surface area contributed by atoms with Crippen LogP contribution in [0.4, 0.5) is 0 Å². The maximum atomic E-state index is 12.5. The Kier molecular flexibility index (Phi) is 2.67. The summed E-state index contributed by atoms with van der Waals surface area (Å²) >= 11 is 0. The van der Waals surface area contributed by atoms with Gasteiger partial charge in [-0.25, -0.2) is 9.97 Å². The molecule has 120 valence electrons. The zero-order valence-corrected chi connectivity index (χ0v) is 12.8. The van der Waals surface area contributed by atoms with Gasteiger partial charge < -0.3 is 9.97 Å². The third kappa shape index (κ3) is 1.86. The van der Waals surface area contributed by atoms with Gasteiger partial charge in [0.1, 0.15) is 11.3 Å². The lowest BCUT2D eigenvalue weighted by Crippen LogP contribution is -2.22. The van der Waals surface area contributed by atoms with E-state index in [-0.39, 0.29) is 0 Å². The summed E-state index contributed by atoms with van der Waals surface area (Å²) < 4.78 is 0. The first kappa shape index (κ1) is 13.7. The molecule has 0 bridgehead atoms. The fourth-order valence-corrected chi connectivity index (χ4v) is 3.29. The zero-order chi connectivity index (χ0) is 17.0. The lowest BCUT2D eigenvalue weighted by molar-refractivity contribution is -0.122. The largest absolute Gasteiger partial charge is 0.346 e. The van der Waals surface area contributed by atoms with Crippen LogP contribution >= 0.6 is 0 Å². The number of imide groups is 1. The van der Waals surface area contributed by atoms with Crippen molar-refractivity contribution in [2.75, 3.05) is 0 Å². The molecule has 7 nitrogen and oxygen atoms in total. The quantitative estimate of drug-likeness (QED) is 0.489. The number of nitrogens with one attached hydrogen (secondary N) is 3. The van der Waals surface area contributed by atoms with Crippen LogP contribution in [-0.4, -0.2) is 31.8 Å². The smallest absolute Gasteiger partial charge is 0.259 e. The first-order chi connectivity index (χ1) is 12.2. The Bertz CT molecular complexity index is 1120. The fourth-order valence-electron chi connectivity index (χ4n) is 3.29. The number of carbonyl (C=O) groups is 2. The molecule has 0 aromatic carbocycles. The summed E-state index contributed by atoms with van der Waals surface area (Å²) in [5.74, 6) is -0.828. The lowest BCUT2D eigenvalue weighted by Gasteiger charge is -2.02. The lowest BCUT2D eigenvalue weighted by atomic mass is 9.96. The normalized spacial score (nSPS) is 14.7. The highest BCUT2D eigenvalue weighted by Gasteiger charge is 2.34. The van der Waals surface area contributed by atoms with E-state index in [1.807, 2.05) is 12.1 Å². The summed E-state index contributed by atoms with van der Waals surface area (Å²) in [5.41, 5.74) is 3.32. The summed E-state index contributed by atoms with van der Waals surface area (Å²) in [4.78, 5) is 39.6. The summed E-state index contributed by atoms with van der Waals surface area (Å²) in [5, 5.41) is 3.98. The number of amides is 2. The third-order valence-electron chi connectivity index (χ3n) is 4.37. The van der Waals surface area contributed by atoms with Crippen molar-refractivity contribution in [2.45, 2.75) is 0 Å². The predicted octanol–water partition coefficient (Wildman–Crippen LogP) is 2.01. The van der Waals surface area contributed by atoms with E-state index >= 15 is 0 Å². The number of rotatable bonds is 2. The van der Waals surface area contributed by atoms with E-state index in [0.717, 1.165) is 10.8 Å². The Labute approximate surface area is 140 Å². The molecule has 7 heteroatoms. The molecular formula is C18H11N5O2. The van der Waals surface area contributed by atoms with Crippen molar-refractivity contribution >= 4 is 45.0 Å². The summed E-state index contributed by atoms with van der Waals surface area (Å²) in [6.45, 7) is 0. The number of aromatic amines is 2. The molecule has 1 aliphatic heterocycles. The van der Waals surface area contributed by atoms with Crippen LogP contribution in [0.25, 0.3) is 33.2 Å². The zero-order valence-electron chi connectivity index (χ0n) is 12.8. The molecule has 0 saturated heterocycles. The molecule has 1 aliphatic rings. The Hall–Kier alpha value is -3.74. The maximum absolute atomic E-state index is 12.5. The molecule has 0 atom stereocenters. The van der Waals surface area contributed by atoms with Crippen LogP contribution < -0.4 is 5.32 Å². The number of aromatic nitrogens is 4. The van der Waals surface area contributed by atoms with Crippen molar-refractivity contribution < 1.29 is 9.59 Å². The van der Waals surface area contributed by atoms with Crippen LogP contribution in [0.2, 0.25) is 0 Å². The minimum Gasteiger partial charge on any atom is -0.346 e. The highest BCUT2D eigenvalue weighted by Crippen LogP contribution is 2.36. The number of H-pyrrole nitrogens is 2. The van der Waals surface area contributed by atoms with Gasteiger partial charge in [-0.15, -0.1) is 0 Å². The average molecular weight is 329 g/mol. The predicted molar refractivity (Wildman–Crippen MR) is 92.2 cm³/mol. The van der Waals surface area contributed by atoms with Crippen molar-refractivity contribution in [3.8, 4) is 0 Å². The van der Waals surface area contributed by atoms with Crippen molar-refractivity contribution in [3.63, 3.8) is 0 Å². The van der Waals surface area contributed by atoms with Crippen molar-refractivity contribution in [3.05, 3.63) is 60.2 Å². The van der Waals surface area contributed by atoms with Crippen LogP contribution in [0.5, 0.6) is 0 Å². The highest BCUT2D eigenvalue weighted by atomic mass is 16.2. The van der Waals surface area contributed by atoms with Crippen LogP contribution in [0.15, 0.2) is 49.1 Å². The summed E-state index contributed by atoms with van der Waals surface area (Å²) in [6.07, 6.45) is 6.75. The second-order valence-corrected chi connectivity index (χ2v) is 5.74. The Morgan fingerprint density at radius 1 is 0.720 bits per heavy atom. The van der Waals surface area contributed by atoms with E-state index in [1.54, 1.807) is 36.9 Å². The SMILES string of the molecule is O=C1NC(=O)C(c2c[nH]c3ncccc23)=C1c1c[nH]c2ncccc12. The van der Waals surface area contributed by atoms with Gasteiger partial charge in [0.05, 0.1) is 11.1 Å². The first-order valence-electron chi connectivity index (χ1n) is 7.69. The molecule has 3 N–H and O–H groups in total. The van der Waals surface area contributed by atoms with E-state index in [2.05, 4.69) is 25.3 Å². The van der Waals surface area contributed by atoms with Gasteiger partial charge >= 0.3 is 0 Å². The molecule has 0 spiro atoms. The van der Waals surface area contributed by atoms with Gasteiger partial charge in [0.15, 0.2) is 0 Å². The minimum absolute atomic E-state index is 0.342. The van der Waals surface area contributed by atoms with E-state index < -0.39 is 11.8 Å². The minimum atomic E-state index is -0.414. The van der Waals surface area contributed by atoms with E-state index in [4.69, 9.17) is 0 Å². The fraction of sp³-hybridized carbons (Fsp3) is 0. The van der Waals surface area contributed by atoms with Gasteiger partial charge in [-0.2, -0.15) is 0 Å². The average Bonchev–Trinajstić information content (AvgIpc) is 3.30. The van der Waals surface area contributed by atoms with Crippen LogP contribution in [0, 0.1) is 0 Å². The molecule has 2 amide bonds. The van der Waals surface area contributed by atoms with E-state index in [9.17, 15) is 9.59 Å². The molecule has 0 unspecified atom stereocenters. The van der Waals surface area contributed by atoms with Crippen LogP contribution in [0.1, 0.15) is 11.1 Å². The van der Waals surface area contributed by atoms with E-state index in [0.29, 0.717) is 33.6 Å². The molecule has 0 aliphatic carbocycles. The topological polar surface area (TPSA) is 104 Å². The highest BCUT2D eigenvalue weighted by molar-refractivity contribution is 6.50. The van der Waals surface area contributed by atoms with Crippen LogP contribution in [-0.2, 0) is 9.59 Å². The van der Waals surface area contributed by atoms with Gasteiger partial charge in [0.2, 0.25) is 0 Å². The molecule has 0 fully saturated rings. The number of nitrogens with zero attached hydrogens (tertiary/aromatic N) is 2. The molecule has 25 heavy (non-hydrogen) atoms. The van der Waals surface area contributed by atoms with Crippen LogP contribution in [0.3, 0.4) is 0 Å². The summed E-state index contributed by atoms with van der Waals surface area (Å²) in [7, 11) is 0. The maximum Gasteiger partial charge on any atom is 0.259 e.